The van der Waals surface area contributed by atoms with E-state index in [9.17, 15) is 14.4 Å². The number of ether oxygens (including phenoxy) is 1. The second-order valence-corrected chi connectivity index (χ2v) is 3.40. The average molecular weight is 229 g/mol. The SMILES string of the molecule is CCNC(=O)C(CC)C(=O)CCC(=O)OC. The van der Waals surface area contributed by atoms with E-state index in [0.29, 0.717) is 13.0 Å². The van der Waals surface area contributed by atoms with Gasteiger partial charge in [0.25, 0.3) is 0 Å². The Bertz CT molecular complexity index is 263. The molecule has 0 radical (unpaired) electrons. The van der Waals surface area contributed by atoms with Crippen molar-refractivity contribution in [1.82, 2.24) is 5.32 Å². The van der Waals surface area contributed by atoms with Crippen molar-refractivity contribution in [2.45, 2.75) is 33.1 Å². The largest absolute Gasteiger partial charge is 0.469 e. The van der Waals surface area contributed by atoms with Crippen LogP contribution < -0.4 is 5.32 Å². The van der Waals surface area contributed by atoms with Crippen molar-refractivity contribution in [1.29, 1.82) is 0 Å². The lowest BCUT2D eigenvalue weighted by molar-refractivity contribution is -0.143. The molecule has 1 amide bonds. The molecule has 1 unspecified atom stereocenters. The van der Waals surface area contributed by atoms with Gasteiger partial charge in [-0.3, -0.25) is 14.4 Å². The molecule has 0 aromatic carbocycles. The fraction of sp³-hybridized carbons (Fsp3) is 0.727. The van der Waals surface area contributed by atoms with Crippen molar-refractivity contribution < 1.29 is 19.1 Å². The van der Waals surface area contributed by atoms with E-state index < -0.39 is 11.9 Å². The van der Waals surface area contributed by atoms with Gasteiger partial charge in [0.15, 0.2) is 0 Å². The van der Waals surface area contributed by atoms with Gasteiger partial charge in [0.1, 0.15) is 5.78 Å². The Kier molecular flexibility index (Phi) is 7.16. The molecule has 1 atom stereocenters. The number of hydrogen-bond acceptors (Lipinski definition) is 4. The second-order valence-electron chi connectivity index (χ2n) is 3.40. The third-order valence-corrected chi connectivity index (χ3v) is 2.27. The van der Waals surface area contributed by atoms with Gasteiger partial charge >= 0.3 is 5.97 Å². The molecule has 0 bridgehead atoms. The highest BCUT2D eigenvalue weighted by atomic mass is 16.5. The lowest BCUT2D eigenvalue weighted by atomic mass is 9.96. The number of nitrogens with one attached hydrogen (secondary N) is 1. The summed E-state index contributed by atoms with van der Waals surface area (Å²) in [4.78, 5) is 34.0. The van der Waals surface area contributed by atoms with Crippen molar-refractivity contribution in [3.8, 4) is 0 Å². The molecule has 5 heteroatoms. The van der Waals surface area contributed by atoms with Gasteiger partial charge in [-0.2, -0.15) is 0 Å². The van der Waals surface area contributed by atoms with Crippen molar-refractivity contribution in [3.05, 3.63) is 0 Å². The number of Topliss-reactive ketones (excluding diaryl/α,β-unsaturated/α-hetero) is 1. The Morgan fingerprint density at radius 3 is 2.25 bits per heavy atom. The van der Waals surface area contributed by atoms with E-state index in [1.54, 1.807) is 13.8 Å². The number of esters is 1. The van der Waals surface area contributed by atoms with E-state index in [4.69, 9.17) is 0 Å². The zero-order chi connectivity index (χ0) is 12.6. The molecule has 0 aliphatic heterocycles. The molecule has 0 aliphatic carbocycles. The third-order valence-electron chi connectivity index (χ3n) is 2.27. The summed E-state index contributed by atoms with van der Waals surface area (Å²) in [5.74, 6) is -1.55. The van der Waals surface area contributed by atoms with Gasteiger partial charge in [0.2, 0.25) is 5.91 Å². The van der Waals surface area contributed by atoms with E-state index in [-0.39, 0.29) is 24.5 Å². The van der Waals surface area contributed by atoms with Crippen molar-refractivity contribution in [3.63, 3.8) is 0 Å². The van der Waals surface area contributed by atoms with Crippen LogP contribution in [0, 0.1) is 5.92 Å². The first-order valence-electron chi connectivity index (χ1n) is 5.44. The van der Waals surface area contributed by atoms with Crippen LogP contribution in [0.25, 0.3) is 0 Å². The fourth-order valence-corrected chi connectivity index (χ4v) is 1.36. The highest BCUT2D eigenvalue weighted by molar-refractivity contribution is 6.02. The molecule has 1 N–H and O–H groups in total. The molecule has 0 saturated carbocycles. The Hall–Kier alpha value is -1.39. The molecule has 0 rings (SSSR count). The molecular formula is C11H19NO4. The molecule has 0 fully saturated rings. The predicted octanol–water partition coefficient (Wildman–Crippen LogP) is 0.671. The maximum absolute atomic E-state index is 11.6. The maximum atomic E-state index is 11.6. The summed E-state index contributed by atoms with van der Waals surface area (Å²) in [6.07, 6.45) is 0.541. The summed E-state index contributed by atoms with van der Waals surface area (Å²) in [6.45, 7) is 4.07. The normalized spacial score (nSPS) is 11.7. The molecule has 92 valence electrons. The molecule has 0 heterocycles. The van der Waals surface area contributed by atoms with Crippen LogP contribution in [0.3, 0.4) is 0 Å². The van der Waals surface area contributed by atoms with Gasteiger partial charge < -0.3 is 10.1 Å². The Morgan fingerprint density at radius 1 is 1.19 bits per heavy atom. The first-order chi connectivity index (χ1) is 7.56. The van der Waals surface area contributed by atoms with Crippen molar-refractivity contribution in [2.75, 3.05) is 13.7 Å². The van der Waals surface area contributed by atoms with E-state index in [0.717, 1.165) is 0 Å². The van der Waals surface area contributed by atoms with Crippen LogP contribution in [-0.2, 0) is 19.1 Å². The minimum Gasteiger partial charge on any atom is -0.469 e. The zero-order valence-electron chi connectivity index (χ0n) is 10.0. The monoisotopic (exact) mass is 229 g/mol. The van der Waals surface area contributed by atoms with Gasteiger partial charge in [-0.15, -0.1) is 0 Å². The lowest BCUT2D eigenvalue weighted by Crippen LogP contribution is -2.35. The van der Waals surface area contributed by atoms with Gasteiger partial charge in [-0.25, -0.2) is 0 Å². The summed E-state index contributed by atoms with van der Waals surface area (Å²) in [6, 6.07) is 0. The lowest BCUT2D eigenvalue weighted by Gasteiger charge is -2.12. The minimum atomic E-state index is -0.649. The first-order valence-corrected chi connectivity index (χ1v) is 5.44. The summed E-state index contributed by atoms with van der Waals surface area (Å²) in [5.41, 5.74) is 0. The fourth-order valence-electron chi connectivity index (χ4n) is 1.36. The smallest absolute Gasteiger partial charge is 0.305 e. The van der Waals surface area contributed by atoms with Crippen LogP contribution in [0.2, 0.25) is 0 Å². The number of ketones is 1. The summed E-state index contributed by atoms with van der Waals surface area (Å²) in [7, 11) is 1.27. The number of carbonyl (C=O) groups is 3. The van der Waals surface area contributed by atoms with Crippen molar-refractivity contribution in [2.24, 2.45) is 5.92 Å². The van der Waals surface area contributed by atoms with Gasteiger partial charge in [-0.1, -0.05) is 6.92 Å². The minimum absolute atomic E-state index is 0.0330. The number of rotatable bonds is 7. The maximum Gasteiger partial charge on any atom is 0.305 e. The Labute approximate surface area is 95.5 Å². The second kappa shape index (κ2) is 7.84. The molecule has 0 aromatic heterocycles. The number of carbonyl (C=O) groups excluding carboxylic acids is 3. The standard InChI is InChI=1S/C11H19NO4/c1-4-8(11(15)12-5-2)9(13)6-7-10(14)16-3/h8H,4-7H2,1-3H3,(H,12,15). The van der Waals surface area contributed by atoms with E-state index in [2.05, 4.69) is 10.1 Å². The van der Waals surface area contributed by atoms with Crippen LogP contribution in [0.15, 0.2) is 0 Å². The van der Waals surface area contributed by atoms with Gasteiger partial charge in [0.05, 0.1) is 19.4 Å². The Morgan fingerprint density at radius 2 is 1.81 bits per heavy atom. The van der Waals surface area contributed by atoms with Crippen LogP contribution in [-0.4, -0.2) is 31.3 Å². The number of amides is 1. The predicted molar refractivity (Wildman–Crippen MR) is 58.7 cm³/mol. The highest BCUT2D eigenvalue weighted by Crippen LogP contribution is 2.09. The molecule has 5 nitrogen and oxygen atoms in total. The summed E-state index contributed by atoms with van der Waals surface area (Å²) < 4.78 is 4.43. The summed E-state index contributed by atoms with van der Waals surface area (Å²) >= 11 is 0. The Balaban J connectivity index is 4.20. The number of methoxy groups -OCH3 is 1. The third kappa shape index (κ3) is 4.91. The zero-order valence-corrected chi connectivity index (χ0v) is 10.0. The quantitative estimate of drug-likeness (QED) is 0.514. The average Bonchev–Trinajstić information content (AvgIpc) is 2.27. The topological polar surface area (TPSA) is 72.5 Å². The summed E-state index contributed by atoms with van der Waals surface area (Å²) in [5, 5.41) is 2.60. The van der Waals surface area contributed by atoms with Crippen LogP contribution in [0.5, 0.6) is 0 Å². The molecule has 0 saturated heterocycles. The van der Waals surface area contributed by atoms with Crippen LogP contribution in [0.1, 0.15) is 33.1 Å². The van der Waals surface area contributed by atoms with Crippen LogP contribution >= 0.6 is 0 Å². The first kappa shape index (κ1) is 14.6. The van der Waals surface area contributed by atoms with E-state index in [1.807, 2.05) is 0 Å². The highest BCUT2D eigenvalue weighted by Gasteiger charge is 2.24. The van der Waals surface area contributed by atoms with E-state index >= 15 is 0 Å². The van der Waals surface area contributed by atoms with E-state index in [1.165, 1.54) is 7.11 Å². The molecule has 16 heavy (non-hydrogen) atoms. The molecule has 0 spiro atoms. The molecule has 0 aliphatic rings. The van der Waals surface area contributed by atoms with Crippen molar-refractivity contribution >= 4 is 17.7 Å². The molecule has 0 aromatic rings. The number of hydrogen-bond donors (Lipinski definition) is 1. The molecular weight excluding hydrogens is 210 g/mol. The van der Waals surface area contributed by atoms with Gasteiger partial charge in [0, 0.05) is 13.0 Å². The van der Waals surface area contributed by atoms with Gasteiger partial charge in [-0.05, 0) is 13.3 Å². The van der Waals surface area contributed by atoms with Crippen LogP contribution in [0.4, 0.5) is 0 Å².